The van der Waals surface area contributed by atoms with Gasteiger partial charge in [-0.05, 0) is 38.0 Å². The number of methoxy groups -OCH3 is 1. The average molecular weight is 444 g/mol. The van der Waals surface area contributed by atoms with E-state index in [0.29, 0.717) is 46.3 Å². The van der Waals surface area contributed by atoms with Gasteiger partial charge in [-0.3, -0.25) is 5.10 Å². The Bertz CT molecular complexity index is 1330. The van der Waals surface area contributed by atoms with Gasteiger partial charge in [0.05, 0.1) is 23.7 Å². The standard InChI is InChI=1S/C23H25N9O/c1-13-26-20(32-31-13)14-8-9-17(18(10-14)33-2)28-23-29-21-19(15(11-24)12-25-21)22(30-23)27-16-6-4-3-5-7-16/h8-10,12,16H,3-7H2,1-2H3,(H,26,31,32)(H3,25,27,28,29,30). The summed E-state index contributed by atoms with van der Waals surface area (Å²) in [5, 5.41) is 24.2. The van der Waals surface area contributed by atoms with Crippen LogP contribution in [0.4, 0.5) is 17.5 Å². The minimum absolute atomic E-state index is 0.338. The van der Waals surface area contributed by atoms with E-state index in [2.05, 4.69) is 41.9 Å². The molecule has 1 saturated carbocycles. The van der Waals surface area contributed by atoms with Gasteiger partial charge in [0, 0.05) is 17.8 Å². The van der Waals surface area contributed by atoms with E-state index in [9.17, 15) is 5.26 Å². The second kappa shape index (κ2) is 8.78. The van der Waals surface area contributed by atoms with Gasteiger partial charge in [0.1, 0.15) is 29.1 Å². The van der Waals surface area contributed by atoms with Gasteiger partial charge in [-0.25, -0.2) is 4.98 Å². The van der Waals surface area contributed by atoms with Crippen molar-refractivity contribution in [2.45, 2.75) is 45.1 Å². The van der Waals surface area contributed by atoms with Gasteiger partial charge >= 0.3 is 0 Å². The van der Waals surface area contributed by atoms with Crippen molar-refractivity contribution in [3.63, 3.8) is 0 Å². The first kappa shape index (κ1) is 20.8. The summed E-state index contributed by atoms with van der Waals surface area (Å²) in [7, 11) is 1.61. The fourth-order valence-corrected chi connectivity index (χ4v) is 4.25. The first-order chi connectivity index (χ1) is 16.1. The Labute approximate surface area is 190 Å². The van der Waals surface area contributed by atoms with E-state index in [1.165, 1.54) is 19.3 Å². The van der Waals surface area contributed by atoms with Crippen LogP contribution in [0.2, 0.25) is 0 Å². The van der Waals surface area contributed by atoms with E-state index in [0.717, 1.165) is 29.6 Å². The van der Waals surface area contributed by atoms with E-state index in [1.807, 2.05) is 25.1 Å². The van der Waals surface area contributed by atoms with E-state index in [-0.39, 0.29) is 0 Å². The number of hydrogen-bond acceptors (Lipinski definition) is 8. The number of aryl methyl sites for hydroxylation is 1. The number of hydrogen-bond donors (Lipinski definition) is 4. The molecular weight excluding hydrogens is 418 g/mol. The smallest absolute Gasteiger partial charge is 0.231 e. The minimum Gasteiger partial charge on any atom is -0.495 e. The quantitative estimate of drug-likeness (QED) is 0.343. The van der Waals surface area contributed by atoms with Gasteiger partial charge in [0.25, 0.3) is 0 Å². The van der Waals surface area contributed by atoms with Crippen LogP contribution in [0.3, 0.4) is 0 Å². The SMILES string of the molecule is COc1cc(-c2n[nH]c(C)n2)ccc1Nc1nc(NC2CCCCC2)c2c(C#N)c[nH]c2n1. The summed E-state index contributed by atoms with van der Waals surface area (Å²) in [6.07, 6.45) is 7.52. The number of benzene rings is 1. The normalized spacial score (nSPS) is 14.2. The molecule has 0 atom stereocenters. The lowest BCUT2D eigenvalue weighted by molar-refractivity contribution is 0.417. The zero-order chi connectivity index (χ0) is 22.8. The Morgan fingerprint density at radius 2 is 2.00 bits per heavy atom. The Kier molecular flexibility index (Phi) is 5.52. The van der Waals surface area contributed by atoms with Crippen molar-refractivity contribution in [2.75, 3.05) is 17.7 Å². The molecular formula is C23H25N9O. The second-order valence-corrected chi connectivity index (χ2v) is 8.20. The first-order valence-corrected chi connectivity index (χ1v) is 11.0. The lowest BCUT2D eigenvalue weighted by Gasteiger charge is -2.24. The highest BCUT2D eigenvalue weighted by Crippen LogP contribution is 2.33. The molecule has 4 N–H and O–H groups in total. The first-order valence-electron chi connectivity index (χ1n) is 11.0. The van der Waals surface area contributed by atoms with Crippen LogP contribution in [0.5, 0.6) is 5.75 Å². The van der Waals surface area contributed by atoms with Crippen LogP contribution >= 0.6 is 0 Å². The largest absolute Gasteiger partial charge is 0.495 e. The number of aromatic nitrogens is 6. The third-order valence-corrected chi connectivity index (χ3v) is 5.90. The summed E-state index contributed by atoms with van der Waals surface area (Å²) in [5.41, 5.74) is 2.68. The van der Waals surface area contributed by atoms with Gasteiger partial charge in [-0.2, -0.15) is 20.3 Å². The average Bonchev–Trinajstić information content (AvgIpc) is 3.46. The fraction of sp³-hybridized carbons (Fsp3) is 0.348. The molecule has 10 nitrogen and oxygen atoms in total. The molecule has 1 aliphatic rings. The molecule has 10 heteroatoms. The molecule has 1 fully saturated rings. The monoisotopic (exact) mass is 443 g/mol. The Balaban J connectivity index is 1.49. The summed E-state index contributed by atoms with van der Waals surface area (Å²) in [6, 6.07) is 8.24. The number of ether oxygens (including phenoxy) is 1. The summed E-state index contributed by atoms with van der Waals surface area (Å²) in [5.74, 6) is 3.04. The fourth-order valence-electron chi connectivity index (χ4n) is 4.25. The third kappa shape index (κ3) is 4.17. The lowest BCUT2D eigenvalue weighted by atomic mass is 9.95. The van der Waals surface area contributed by atoms with Crippen molar-refractivity contribution < 1.29 is 4.74 Å². The van der Waals surface area contributed by atoms with Crippen molar-refractivity contribution in [1.29, 1.82) is 5.26 Å². The molecule has 33 heavy (non-hydrogen) atoms. The number of rotatable bonds is 6. The Morgan fingerprint density at radius 1 is 1.15 bits per heavy atom. The molecule has 0 aliphatic heterocycles. The molecule has 0 radical (unpaired) electrons. The lowest BCUT2D eigenvalue weighted by Crippen LogP contribution is -2.23. The molecule has 0 amide bonds. The predicted molar refractivity (Wildman–Crippen MR) is 125 cm³/mol. The summed E-state index contributed by atoms with van der Waals surface area (Å²) < 4.78 is 5.60. The summed E-state index contributed by atoms with van der Waals surface area (Å²) in [4.78, 5) is 16.8. The van der Waals surface area contributed by atoms with Crippen molar-refractivity contribution >= 4 is 28.5 Å². The van der Waals surface area contributed by atoms with E-state index in [4.69, 9.17) is 9.72 Å². The van der Waals surface area contributed by atoms with Gasteiger partial charge < -0.3 is 20.4 Å². The molecule has 0 unspecified atom stereocenters. The number of H-pyrrole nitrogens is 2. The van der Waals surface area contributed by atoms with Gasteiger partial charge in [0.15, 0.2) is 5.82 Å². The zero-order valence-corrected chi connectivity index (χ0v) is 18.6. The van der Waals surface area contributed by atoms with Crippen molar-refractivity contribution in [2.24, 2.45) is 0 Å². The number of anilines is 3. The van der Waals surface area contributed by atoms with Crippen molar-refractivity contribution in [3.8, 4) is 23.2 Å². The van der Waals surface area contributed by atoms with Crippen LogP contribution in [0.25, 0.3) is 22.4 Å². The highest BCUT2D eigenvalue weighted by molar-refractivity contribution is 5.93. The van der Waals surface area contributed by atoms with E-state index >= 15 is 0 Å². The van der Waals surface area contributed by atoms with Crippen LogP contribution < -0.4 is 15.4 Å². The van der Waals surface area contributed by atoms with Crippen LogP contribution in [0, 0.1) is 18.3 Å². The van der Waals surface area contributed by atoms with Crippen LogP contribution in [-0.4, -0.2) is 43.3 Å². The molecule has 3 heterocycles. The van der Waals surface area contributed by atoms with E-state index in [1.54, 1.807) is 13.3 Å². The second-order valence-electron chi connectivity index (χ2n) is 8.20. The van der Waals surface area contributed by atoms with Crippen molar-refractivity contribution in [1.82, 2.24) is 30.1 Å². The molecule has 0 bridgehead atoms. The van der Waals surface area contributed by atoms with Crippen LogP contribution in [0.1, 0.15) is 43.5 Å². The maximum atomic E-state index is 9.55. The summed E-state index contributed by atoms with van der Waals surface area (Å²) >= 11 is 0. The molecule has 5 rings (SSSR count). The molecule has 168 valence electrons. The zero-order valence-electron chi connectivity index (χ0n) is 18.6. The highest BCUT2D eigenvalue weighted by Gasteiger charge is 2.19. The number of nitrogens with one attached hydrogen (secondary N) is 4. The number of aromatic amines is 2. The highest BCUT2D eigenvalue weighted by atomic mass is 16.5. The number of nitriles is 1. The van der Waals surface area contributed by atoms with E-state index < -0.39 is 0 Å². The van der Waals surface area contributed by atoms with Gasteiger partial charge in [0.2, 0.25) is 5.95 Å². The maximum Gasteiger partial charge on any atom is 0.231 e. The Morgan fingerprint density at radius 3 is 2.73 bits per heavy atom. The minimum atomic E-state index is 0.338. The predicted octanol–water partition coefficient (Wildman–Crippen LogP) is 4.42. The molecule has 0 spiro atoms. The summed E-state index contributed by atoms with van der Waals surface area (Å²) in [6.45, 7) is 1.86. The van der Waals surface area contributed by atoms with Crippen molar-refractivity contribution in [3.05, 3.63) is 35.8 Å². The molecule has 0 saturated heterocycles. The van der Waals surface area contributed by atoms with Gasteiger partial charge in [-0.1, -0.05) is 19.3 Å². The maximum absolute atomic E-state index is 9.55. The molecule has 4 aromatic rings. The Hall–Kier alpha value is -4.13. The molecule has 3 aromatic heterocycles. The van der Waals surface area contributed by atoms with Crippen LogP contribution in [0.15, 0.2) is 24.4 Å². The molecule has 1 aliphatic carbocycles. The third-order valence-electron chi connectivity index (χ3n) is 5.90. The van der Waals surface area contributed by atoms with Gasteiger partial charge in [-0.15, -0.1) is 0 Å². The topological polar surface area (TPSA) is 140 Å². The number of fused-ring (bicyclic) bond motifs is 1. The molecule has 1 aromatic carbocycles. The van der Waals surface area contributed by atoms with Crippen LogP contribution in [-0.2, 0) is 0 Å². The number of nitrogens with zero attached hydrogens (tertiary/aromatic N) is 5.